The molecule has 23 heteroatoms. The number of amides is 11. The van der Waals surface area contributed by atoms with Crippen molar-refractivity contribution in [1.29, 1.82) is 0 Å². The number of unbranched alkanes of at least 4 members (excludes halogenated alkanes) is 1. The lowest BCUT2D eigenvalue weighted by Crippen LogP contribution is -2.69. The molecule has 0 radical (unpaired) electrons. The van der Waals surface area contributed by atoms with Gasteiger partial charge in [0.1, 0.15) is 59.9 Å². The second-order valence-corrected chi connectivity index (χ2v) is 27.5. The predicted molar refractivity (Wildman–Crippen MR) is 347 cm³/mol. The van der Waals surface area contributed by atoms with E-state index in [4.69, 9.17) is 0 Å². The Morgan fingerprint density at radius 3 is 1.44 bits per heavy atom. The van der Waals surface area contributed by atoms with E-state index >= 15 is 19.2 Å². The smallest absolute Gasteiger partial charge is 0.249 e. The third-order valence-electron chi connectivity index (χ3n) is 17.6. The van der Waals surface area contributed by atoms with E-state index in [2.05, 4.69) is 21.3 Å². The maximum Gasteiger partial charge on any atom is 0.249 e. The van der Waals surface area contributed by atoms with Crippen molar-refractivity contribution in [2.75, 3.05) is 55.9 Å². The summed E-state index contributed by atoms with van der Waals surface area (Å²) in [7, 11) is 10.1. The van der Waals surface area contributed by atoms with Gasteiger partial charge in [-0.15, -0.1) is 0 Å². The van der Waals surface area contributed by atoms with Gasteiger partial charge < -0.3 is 60.7 Å². The molecule has 0 aromatic rings. The fraction of sp³-hybridized carbons (Fsp3) is 0.803. The Labute approximate surface area is 534 Å². The first-order valence-corrected chi connectivity index (χ1v) is 32.5. The zero-order valence-electron chi connectivity index (χ0n) is 59.1. The van der Waals surface area contributed by atoms with Crippen LogP contribution >= 0.6 is 0 Å². The van der Waals surface area contributed by atoms with Crippen LogP contribution in [0.5, 0.6) is 0 Å². The average Bonchev–Trinajstić information content (AvgIpc) is 0.791. The van der Waals surface area contributed by atoms with Crippen LogP contribution in [-0.2, 0) is 52.7 Å². The molecule has 0 bridgehead atoms. The van der Waals surface area contributed by atoms with Gasteiger partial charge in [0.25, 0.3) is 0 Å². The molecule has 1 rings (SSSR count). The van der Waals surface area contributed by atoms with Crippen LogP contribution in [0, 0.1) is 41.4 Å². The lowest BCUT2D eigenvalue weighted by atomic mass is 9.77. The SMILES string of the molecule is C/C=C/C[C@@H](C)[C@@H](O)[C@H]1C(=O)N[C@@H](CC)C(=O)N(C)CC(=O)N(C)[C@@H](CC(C)C)C(=O)N[C@@H](C(C)C)C(=O)N(C)[C@@H](CC(C)C)C(=O)N[C@@H](C)C(=O)N[C@H](C)C(=O)N(C)[C@@H](CC(C)C)C(=O)N(C)[C@@H](CC(C)C)C(=O)N(C)[C@@](CCCC)(C(C)C)C(=O)N1C. The van der Waals surface area contributed by atoms with Crippen molar-refractivity contribution in [3.05, 3.63) is 12.2 Å². The van der Waals surface area contributed by atoms with Gasteiger partial charge in [0.2, 0.25) is 65.0 Å². The highest BCUT2D eigenvalue weighted by Gasteiger charge is 2.53. The van der Waals surface area contributed by atoms with Crippen LogP contribution in [-0.4, -0.2) is 226 Å². The Morgan fingerprint density at radius 1 is 0.528 bits per heavy atom. The largest absolute Gasteiger partial charge is 0.390 e. The van der Waals surface area contributed by atoms with Crippen LogP contribution in [0.25, 0.3) is 0 Å². The first-order chi connectivity index (χ1) is 41.1. The molecule has 1 heterocycles. The monoisotopic (exact) mass is 1260 g/mol. The first kappa shape index (κ1) is 80.9. The zero-order chi connectivity index (χ0) is 69.0. The van der Waals surface area contributed by atoms with Gasteiger partial charge in [-0.3, -0.25) is 52.7 Å². The summed E-state index contributed by atoms with van der Waals surface area (Å²) >= 11 is 0. The highest BCUT2D eigenvalue weighted by molar-refractivity contribution is 6.00. The number of allylic oxidation sites excluding steroid dienone is 2. The maximum atomic E-state index is 16.0. The van der Waals surface area contributed by atoms with Crippen LogP contribution in [0.15, 0.2) is 12.2 Å². The van der Waals surface area contributed by atoms with Crippen LogP contribution in [0.3, 0.4) is 0 Å². The lowest BCUT2D eigenvalue weighted by molar-refractivity contribution is -0.166. The number of hydrogen-bond donors (Lipinski definition) is 5. The molecule has 5 N–H and O–H groups in total. The van der Waals surface area contributed by atoms with Crippen molar-refractivity contribution in [2.24, 2.45) is 41.4 Å². The minimum absolute atomic E-state index is 0.0207. The Morgan fingerprint density at radius 2 is 0.978 bits per heavy atom. The van der Waals surface area contributed by atoms with Gasteiger partial charge in [-0.1, -0.05) is 129 Å². The van der Waals surface area contributed by atoms with Crippen molar-refractivity contribution >= 4 is 65.0 Å². The van der Waals surface area contributed by atoms with E-state index in [1.807, 2.05) is 75.3 Å². The van der Waals surface area contributed by atoms with Crippen LogP contribution in [0.2, 0.25) is 0 Å². The van der Waals surface area contributed by atoms with Crippen LogP contribution in [0.4, 0.5) is 0 Å². The van der Waals surface area contributed by atoms with E-state index in [9.17, 15) is 38.7 Å². The molecule has 0 spiro atoms. The molecular formula is C66H119N11O12. The minimum Gasteiger partial charge on any atom is -0.390 e. The lowest BCUT2D eigenvalue weighted by Gasteiger charge is -2.49. The number of rotatable bonds is 18. The molecule has 0 aromatic carbocycles. The van der Waals surface area contributed by atoms with Crippen molar-refractivity contribution in [3.63, 3.8) is 0 Å². The Hall–Kier alpha value is -6.13. The number of nitrogens with zero attached hydrogens (tertiary/aromatic N) is 7. The number of aliphatic hydroxyl groups excluding tert-OH is 1. The molecule has 1 fully saturated rings. The van der Waals surface area contributed by atoms with Gasteiger partial charge in [-0.2, -0.15) is 0 Å². The van der Waals surface area contributed by atoms with E-state index in [-0.39, 0.29) is 62.2 Å². The second-order valence-electron chi connectivity index (χ2n) is 27.5. The molecule has 1 aliphatic heterocycles. The quantitative estimate of drug-likeness (QED) is 0.116. The summed E-state index contributed by atoms with van der Waals surface area (Å²) in [5.74, 6) is -9.68. The molecule has 0 unspecified atom stereocenters. The van der Waals surface area contributed by atoms with Gasteiger partial charge in [0.05, 0.1) is 12.6 Å². The van der Waals surface area contributed by atoms with E-state index in [0.717, 1.165) is 9.80 Å². The summed E-state index contributed by atoms with van der Waals surface area (Å²) in [5, 5.41) is 23.4. The maximum absolute atomic E-state index is 16.0. The number of carbonyl (C=O) groups excluding carboxylic acids is 11. The number of aliphatic hydroxyl groups is 1. The fourth-order valence-electron chi connectivity index (χ4n) is 11.7. The Balaban J connectivity index is 4.50. The summed E-state index contributed by atoms with van der Waals surface area (Å²) in [6.45, 7) is 31.6. The Bertz CT molecular complexity index is 2430. The van der Waals surface area contributed by atoms with E-state index < -0.39 is 155 Å². The first-order valence-electron chi connectivity index (χ1n) is 32.5. The third-order valence-corrected chi connectivity index (χ3v) is 17.6. The van der Waals surface area contributed by atoms with Crippen molar-refractivity contribution in [3.8, 4) is 0 Å². The molecule has 0 aromatic heterocycles. The highest BCUT2D eigenvalue weighted by atomic mass is 16.3. The van der Waals surface area contributed by atoms with Gasteiger partial charge in [0.15, 0.2) is 0 Å². The van der Waals surface area contributed by atoms with Gasteiger partial charge in [0, 0.05) is 49.3 Å². The Kier molecular flexibility index (Phi) is 33.3. The minimum atomic E-state index is -1.69. The number of hydrogen-bond acceptors (Lipinski definition) is 12. The van der Waals surface area contributed by atoms with E-state index in [1.165, 1.54) is 87.7 Å². The highest BCUT2D eigenvalue weighted by Crippen LogP contribution is 2.36. The van der Waals surface area contributed by atoms with Crippen molar-refractivity contribution in [2.45, 2.75) is 248 Å². The molecular weight excluding hydrogens is 1140 g/mol. The van der Waals surface area contributed by atoms with Crippen LogP contribution in [0.1, 0.15) is 182 Å². The van der Waals surface area contributed by atoms with Crippen molar-refractivity contribution < 1.29 is 57.8 Å². The normalized spacial score (nSPS) is 27.1. The van der Waals surface area contributed by atoms with Crippen LogP contribution < -0.4 is 21.3 Å². The standard InChI is InChI=1S/C66H119N11O12/c1-26-29-31-44(16)55(79)54-59(83)69-47(28-3)61(85)71(19)37-52(78)72(20)48(33-38(4)5)58(82)70-53(42(12)13)64(88)73(21)49(34-39(6)7)57(81)67-45(17)56(80)68-46(18)60(84)74(22)50(35-40(8)9)62(86)75(23)51(36-41(10)11)63(87)77(25)66(43(14)15,32-30-27-2)65(89)76(54)24/h26,29,38-51,53-55,79H,27-28,30-37H2,1-25H3,(H,67,81)(H,68,80)(H,69,83)(H,70,82)/b29-26+/t44-,45+,46-,47+,48+,49+,50+,51+,53+,54+,55-,66+/m1/s1. The molecule has 0 saturated carbocycles. The molecule has 1 saturated heterocycles. The number of nitrogens with one attached hydrogen (secondary N) is 4. The molecule has 1 aliphatic rings. The average molecular weight is 1260 g/mol. The number of likely N-dealkylation sites (N-methyl/N-ethyl adjacent to an activating group) is 7. The molecule has 0 aliphatic carbocycles. The van der Waals surface area contributed by atoms with E-state index in [1.54, 1.807) is 47.6 Å². The second kappa shape index (κ2) is 36.6. The third kappa shape index (κ3) is 21.8. The molecule has 510 valence electrons. The fourth-order valence-corrected chi connectivity index (χ4v) is 11.7. The van der Waals surface area contributed by atoms with Gasteiger partial charge >= 0.3 is 0 Å². The summed E-state index contributed by atoms with van der Waals surface area (Å²) < 4.78 is 0. The molecule has 11 amide bonds. The van der Waals surface area contributed by atoms with Crippen molar-refractivity contribution in [1.82, 2.24) is 55.6 Å². The predicted octanol–water partition coefficient (Wildman–Crippen LogP) is 4.83. The summed E-state index contributed by atoms with van der Waals surface area (Å²) in [4.78, 5) is 171. The van der Waals surface area contributed by atoms with Gasteiger partial charge in [-0.25, -0.2) is 0 Å². The number of carbonyl (C=O) groups is 11. The summed E-state index contributed by atoms with van der Waals surface area (Å²) in [6, 6.07) is -11.2. The summed E-state index contributed by atoms with van der Waals surface area (Å²) in [6.07, 6.45) is 4.21. The van der Waals surface area contributed by atoms with Gasteiger partial charge in [-0.05, 0) is 107 Å². The summed E-state index contributed by atoms with van der Waals surface area (Å²) in [5.41, 5.74) is -1.69. The zero-order valence-corrected chi connectivity index (χ0v) is 59.1. The molecule has 89 heavy (non-hydrogen) atoms. The van der Waals surface area contributed by atoms with E-state index in [0.29, 0.717) is 19.3 Å². The molecule has 12 atom stereocenters. The topological polar surface area (TPSA) is 279 Å². The molecule has 23 nitrogen and oxygen atoms in total.